The number of hydrogen-bond acceptors (Lipinski definition) is 6. The van der Waals surface area contributed by atoms with Gasteiger partial charge in [-0.25, -0.2) is 4.68 Å². The summed E-state index contributed by atoms with van der Waals surface area (Å²) in [7, 11) is 3.13. The van der Waals surface area contributed by atoms with Crippen molar-refractivity contribution in [3.63, 3.8) is 0 Å². The lowest BCUT2D eigenvalue weighted by molar-refractivity contribution is -0.151. The first-order valence-electron chi connectivity index (χ1n) is 11.3. The monoisotopic (exact) mass is 473 g/mol. The number of benzene rings is 1. The molecule has 0 unspecified atom stereocenters. The molecule has 4 fully saturated rings. The van der Waals surface area contributed by atoms with Crippen molar-refractivity contribution in [3.8, 4) is 11.5 Å². The lowest BCUT2D eigenvalue weighted by Gasteiger charge is -2.61. The van der Waals surface area contributed by atoms with E-state index in [-0.39, 0.29) is 22.4 Å². The fraction of sp³-hybridized carbons (Fsp3) is 0.542. The molecule has 33 heavy (non-hydrogen) atoms. The van der Waals surface area contributed by atoms with Crippen LogP contribution in [0.15, 0.2) is 29.2 Å². The Morgan fingerprint density at radius 1 is 1.21 bits per heavy atom. The number of aromatic nitrogens is 2. The van der Waals surface area contributed by atoms with Gasteiger partial charge in [0.25, 0.3) is 5.56 Å². The zero-order valence-corrected chi connectivity index (χ0v) is 19.5. The van der Waals surface area contributed by atoms with Crippen LogP contribution in [0.5, 0.6) is 11.5 Å². The highest BCUT2D eigenvalue weighted by atomic mass is 35.5. The molecule has 8 nitrogen and oxygen atoms in total. The molecule has 0 saturated heterocycles. The molecule has 0 aliphatic heterocycles. The van der Waals surface area contributed by atoms with Crippen molar-refractivity contribution in [2.45, 2.75) is 50.5 Å². The molecule has 1 aromatic carbocycles. The molecule has 4 saturated carbocycles. The Hall–Kier alpha value is -2.74. The summed E-state index contributed by atoms with van der Waals surface area (Å²) >= 11 is 6.57. The van der Waals surface area contributed by atoms with Crippen LogP contribution in [0, 0.1) is 17.3 Å². The van der Waals surface area contributed by atoms with Gasteiger partial charge < -0.3 is 19.9 Å². The molecule has 1 aromatic heterocycles. The second kappa shape index (κ2) is 7.94. The molecule has 176 valence electrons. The highest BCUT2D eigenvalue weighted by Crippen LogP contribution is 2.65. The normalized spacial score (nSPS) is 29.7. The number of rotatable bonds is 7. The van der Waals surface area contributed by atoms with Crippen LogP contribution in [0.25, 0.3) is 0 Å². The van der Waals surface area contributed by atoms with E-state index in [1.54, 1.807) is 43.3 Å². The first kappa shape index (κ1) is 22.1. The average Bonchev–Trinajstić information content (AvgIpc) is 2.75. The van der Waals surface area contributed by atoms with Gasteiger partial charge in [-0.3, -0.25) is 9.59 Å². The van der Waals surface area contributed by atoms with Gasteiger partial charge in [0.1, 0.15) is 16.5 Å². The van der Waals surface area contributed by atoms with Gasteiger partial charge in [-0.2, -0.15) is 5.10 Å². The molecule has 1 heterocycles. The summed E-state index contributed by atoms with van der Waals surface area (Å²) in [6.45, 7) is 0. The maximum Gasteiger partial charge on any atom is 0.303 e. The van der Waals surface area contributed by atoms with Gasteiger partial charge in [-0.05, 0) is 67.9 Å². The largest absolute Gasteiger partial charge is 0.497 e. The van der Waals surface area contributed by atoms with Crippen molar-refractivity contribution in [2.75, 3.05) is 19.5 Å². The highest BCUT2D eigenvalue weighted by molar-refractivity contribution is 6.33. The van der Waals surface area contributed by atoms with E-state index in [1.165, 1.54) is 0 Å². The molecule has 0 amide bonds. The molecule has 4 bridgehead atoms. The number of carboxylic acid groups (broad SMARTS) is 1. The number of methoxy groups -OCH3 is 2. The maximum atomic E-state index is 13.5. The SMILES string of the molecule is COc1ccc(OC)c(Nc2cnn(C34C[C@H]5C[C@@H](CC(CC(=O)O)(C5)C3)C4)c(=O)c2Cl)c1. The Kier molecular flexibility index (Phi) is 5.31. The highest BCUT2D eigenvalue weighted by Gasteiger charge is 2.59. The Labute approximate surface area is 196 Å². The van der Waals surface area contributed by atoms with Crippen molar-refractivity contribution in [1.82, 2.24) is 9.78 Å². The molecule has 0 radical (unpaired) electrons. The summed E-state index contributed by atoms with van der Waals surface area (Å²) in [6, 6.07) is 5.30. The summed E-state index contributed by atoms with van der Waals surface area (Å²) in [5.41, 5.74) is -0.0841. The summed E-state index contributed by atoms with van der Waals surface area (Å²) in [6.07, 6.45) is 7.06. The van der Waals surface area contributed by atoms with E-state index in [0.29, 0.717) is 41.1 Å². The minimum atomic E-state index is -0.766. The summed E-state index contributed by atoms with van der Waals surface area (Å²) < 4.78 is 12.2. The van der Waals surface area contributed by atoms with Crippen molar-refractivity contribution in [2.24, 2.45) is 17.3 Å². The molecule has 4 aliphatic carbocycles. The number of anilines is 2. The quantitative estimate of drug-likeness (QED) is 0.613. The lowest BCUT2D eigenvalue weighted by atomic mass is 9.46. The Morgan fingerprint density at radius 2 is 1.94 bits per heavy atom. The van der Waals surface area contributed by atoms with Crippen molar-refractivity contribution >= 4 is 28.9 Å². The molecule has 2 N–H and O–H groups in total. The minimum Gasteiger partial charge on any atom is -0.497 e. The minimum absolute atomic E-state index is 0.0536. The smallest absolute Gasteiger partial charge is 0.303 e. The van der Waals surface area contributed by atoms with Gasteiger partial charge >= 0.3 is 5.97 Å². The van der Waals surface area contributed by atoms with Crippen LogP contribution in [-0.2, 0) is 10.3 Å². The third-order valence-electron chi connectivity index (χ3n) is 7.72. The fourth-order valence-corrected chi connectivity index (χ4v) is 7.27. The van der Waals surface area contributed by atoms with Crippen LogP contribution in [0.3, 0.4) is 0 Å². The van der Waals surface area contributed by atoms with E-state index in [1.807, 2.05) is 0 Å². The molecule has 0 spiro atoms. The zero-order valence-electron chi connectivity index (χ0n) is 18.8. The van der Waals surface area contributed by atoms with Crippen LogP contribution in [0.2, 0.25) is 5.02 Å². The van der Waals surface area contributed by atoms with Gasteiger partial charge in [-0.1, -0.05) is 11.6 Å². The Bertz CT molecular complexity index is 1150. The van der Waals surface area contributed by atoms with E-state index in [4.69, 9.17) is 21.1 Å². The molecule has 9 heteroatoms. The predicted molar refractivity (Wildman–Crippen MR) is 124 cm³/mol. The molecular formula is C24H28ClN3O5. The number of halogens is 1. The van der Waals surface area contributed by atoms with E-state index in [9.17, 15) is 14.7 Å². The molecule has 4 aliphatic rings. The third kappa shape index (κ3) is 3.74. The van der Waals surface area contributed by atoms with Crippen LogP contribution < -0.4 is 20.3 Å². The number of nitrogens with zero attached hydrogens (tertiary/aromatic N) is 2. The topological polar surface area (TPSA) is 103 Å². The Balaban J connectivity index is 1.50. The summed E-state index contributed by atoms with van der Waals surface area (Å²) in [5, 5.41) is 17.3. The lowest BCUT2D eigenvalue weighted by Crippen LogP contribution is -2.59. The number of aliphatic carboxylic acids is 1. The second-order valence-corrected chi connectivity index (χ2v) is 10.4. The third-order valence-corrected chi connectivity index (χ3v) is 8.09. The Morgan fingerprint density at radius 3 is 2.58 bits per heavy atom. The van der Waals surface area contributed by atoms with Gasteiger partial charge in [-0.15, -0.1) is 0 Å². The number of nitrogens with one attached hydrogen (secondary N) is 1. The van der Waals surface area contributed by atoms with E-state index < -0.39 is 11.5 Å². The molecule has 6 rings (SSSR count). The van der Waals surface area contributed by atoms with Crippen LogP contribution >= 0.6 is 11.6 Å². The number of carbonyl (C=O) groups is 1. The van der Waals surface area contributed by atoms with Gasteiger partial charge in [0.15, 0.2) is 0 Å². The van der Waals surface area contributed by atoms with Crippen LogP contribution in [0.1, 0.15) is 44.9 Å². The fourth-order valence-electron chi connectivity index (χ4n) is 7.09. The second-order valence-electron chi connectivity index (χ2n) is 10.0. The first-order chi connectivity index (χ1) is 15.8. The molecule has 2 atom stereocenters. The van der Waals surface area contributed by atoms with E-state index >= 15 is 0 Å². The van der Waals surface area contributed by atoms with Crippen molar-refractivity contribution in [1.29, 1.82) is 0 Å². The summed E-state index contributed by atoms with van der Waals surface area (Å²) in [5.74, 6) is 1.30. The maximum absolute atomic E-state index is 13.5. The predicted octanol–water partition coefficient (Wildman–Crippen LogP) is 4.43. The molecule has 2 aromatic rings. The van der Waals surface area contributed by atoms with Crippen LogP contribution in [0.4, 0.5) is 11.4 Å². The standard InChI is InChI=1S/C24H28ClN3O5/c1-32-16-3-4-19(33-2)17(6-16)27-18-12-26-28(22(31)21(18)25)24-9-14-5-15(10-24)8-23(7-14,13-24)11-20(29)30/h3-4,6,12,14-15,27H,5,7-11,13H2,1-2H3,(H,29,30)/t14-,15-,23?,24?/m0/s1. The van der Waals surface area contributed by atoms with Crippen molar-refractivity contribution < 1.29 is 19.4 Å². The first-order valence-corrected chi connectivity index (χ1v) is 11.6. The zero-order chi connectivity index (χ0) is 23.4. The van der Waals surface area contributed by atoms with E-state index in [2.05, 4.69) is 10.4 Å². The number of carboxylic acids is 1. The number of ether oxygens (including phenoxy) is 2. The van der Waals surface area contributed by atoms with Crippen LogP contribution in [-0.4, -0.2) is 35.1 Å². The van der Waals surface area contributed by atoms with E-state index in [0.717, 1.165) is 32.1 Å². The summed E-state index contributed by atoms with van der Waals surface area (Å²) in [4.78, 5) is 25.1. The van der Waals surface area contributed by atoms with Gasteiger partial charge in [0.05, 0.1) is 43.8 Å². The van der Waals surface area contributed by atoms with Gasteiger partial charge in [0, 0.05) is 6.07 Å². The molecular weight excluding hydrogens is 446 g/mol. The van der Waals surface area contributed by atoms with Crippen molar-refractivity contribution in [3.05, 3.63) is 39.8 Å². The number of hydrogen-bond donors (Lipinski definition) is 2. The average molecular weight is 474 g/mol. The van der Waals surface area contributed by atoms with Gasteiger partial charge in [0.2, 0.25) is 0 Å².